The van der Waals surface area contributed by atoms with Crippen LogP contribution in [0.5, 0.6) is 0 Å². The van der Waals surface area contributed by atoms with Crippen LogP contribution in [0.3, 0.4) is 0 Å². The van der Waals surface area contributed by atoms with Crippen molar-refractivity contribution in [2.75, 3.05) is 13.7 Å². The van der Waals surface area contributed by atoms with E-state index >= 15 is 0 Å². The molecule has 1 unspecified atom stereocenters. The highest BCUT2D eigenvalue weighted by Crippen LogP contribution is 2.19. The Morgan fingerprint density at radius 1 is 1.42 bits per heavy atom. The van der Waals surface area contributed by atoms with E-state index in [1.54, 1.807) is 19.2 Å². The summed E-state index contributed by atoms with van der Waals surface area (Å²) in [6.07, 6.45) is 1.88. The molecule has 0 bridgehead atoms. The van der Waals surface area contributed by atoms with Crippen LogP contribution < -0.4 is 5.32 Å². The Labute approximate surface area is 140 Å². The van der Waals surface area contributed by atoms with E-state index in [0.717, 1.165) is 11.8 Å². The molecule has 0 saturated carbocycles. The molecule has 1 fully saturated rings. The molecule has 6 heteroatoms. The highest BCUT2D eigenvalue weighted by molar-refractivity contribution is 6.00. The first-order valence-electron chi connectivity index (χ1n) is 7.77. The van der Waals surface area contributed by atoms with Gasteiger partial charge in [-0.15, -0.1) is 0 Å². The smallest absolute Gasteiger partial charge is 0.243 e. The number of imide groups is 1. The van der Waals surface area contributed by atoms with Gasteiger partial charge in [0, 0.05) is 30.5 Å². The quantitative estimate of drug-likeness (QED) is 0.466. The van der Waals surface area contributed by atoms with Crippen LogP contribution in [-0.2, 0) is 16.1 Å². The third kappa shape index (κ3) is 4.28. The average Bonchev–Trinajstić information content (AvgIpc) is 2.56. The standard InChI is InChI=1S/C18H20N2O4/c1-20(16-8-9-17(23)19-18(16)24)11-15-13(5-2-3-10-21)6-4-7-14(15)12-22/h4,6-7,12,16,21H,3,8-11H2,1H3,(H,19,23,24). The number of benzene rings is 1. The Morgan fingerprint density at radius 2 is 2.21 bits per heavy atom. The van der Waals surface area contributed by atoms with Crippen LogP contribution in [0.1, 0.15) is 40.7 Å². The number of hydrogen-bond donors (Lipinski definition) is 2. The van der Waals surface area contributed by atoms with Crippen LogP contribution in [0.25, 0.3) is 0 Å². The number of nitrogens with zero attached hydrogens (tertiary/aromatic N) is 1. The van der Waals surface area contributed by atoms with E-state index in [-0.39, 0.29) is 18.4 Å². The van der Waals surface area contributed by atoms with Gasteiger partial charge in [0.2, 0.25) is 11.8 Å². The van der Waals surface area contributed by atoms with Gasteiger partial charge in [-0.3, -0.25) is 24.6 Å². The van der Waals surface area contributed by atoms with Gasteiger partial charge in [-0.25, -0.2) is 0 Å². The van der Waals surface area contributed by atoms with E-state index in [0.29, 0.717) is 36.9 Å². The topological polar surface area (TPSA) is 86.7 Å². The first-order valence-corrected chi connectivity index (χ1v) is 7.77. The molecule has 126 valence electrons. The molecule has 1 aromatic carbocycles. The maximum Gasteiger partial charge on any atom is 0.243 e. The zero-order valence-electron chi connectivity index (χ0n) is 13.5. The van der Waals surface area contributed by atoms with Crippen molar-refractivity contribution in [1.29, 1.82) is 0 Å². The van der Waals surface area contributed by atoms with Crippen LogP contribution in [0.4, 0.5) is 0 Å². The van der Waals surface area contributed by atoms with Gasteiger partial charge in [0.05, 0.1) is 12.6 Å². The molecule has 24 heavy (non-hydrogen) atoms. The number of likely N-dealkylation sites (N-methyl/N-ethyl adjacent to an activating group) is 1. The molecule has 2 rings (SSSR count). The fraction of sp³-hybridized carbons (Fsp3) is 0.389. The SMILES string of the molecule is CN(Cc1c(C#CCCO)cccc1C=O)C1CCC(=O)NC1=O. The Kier molecular flexibility index (Phi) is 6.24. The molecular formula is C18H20N2O4. The van der Waals surface area contributed by atoms with E-state index in [1.807, 2.05) is 11.0 Å². The lowest BCUT2D eigenvalue weighted by molar-refractivity contribution is -0.137. The summed E-state index contributed by atoms with van der Waals surface area (Å²) in [5.74, 6) is 5.25. The van der Waals surface area contributed by atoms with Crippen molar-refractivity contribution in [2.24, 2.45) is 0 Å². The van der Waals surface area contributed by atoms with Gasteiger partial charge in [-0.1, -0.05) is 24.0 Å². The molecule has 1 aliphatic rings. The molecule has 2 N–H and O–H groups in total. The fourth-order valence-electron chi connectivity index (χ4n) is 2.68. The Balaban J connectivity index is 2.24. The molecule has 6 nitrogen and oxygen atoms in total. The highest BCUT2D eigenvalue weighted by Gasteiger charge is 2.30. The van der Waals surface area contributed by atoms with E-state index in [2.05, 4.69) is 17.2 Å². The molecule has 0 aromatic heterocycles. The van der Waals surface area contributed by atoms with Crippen LogP contribution in [0, 0.1) is 11.8 Å². The van der Waals surface area contributed by atoms with Gasteiger partial charge in [0.1, 0.15) is 6.29 Å². The largest absolute Gasteiger partial charge is 0.395 e. The zero-order valence-corrected chi connectivity index (χ0v) is 13.5. The molecule has 2 amide bonds. The van der Waals surface area contributed by atoms with Crippen molar-refractivity contribution in [2.45, 2.75) is 31.8 Å². The van der Waals surface area contributed by atoms with Crippen molar-refractivity contribution >= 4 is 18.1 Å². The third-order valence-electron chi connectivity index (χ3n) is 3.95. The van der Waals surface area contributed by atoms with Crippen molar-refractivity contribution in [3.05, 3.63) is 34.9 Å². The Morgan fingerprint density at radius 3 is 2.88 bits per heavy atom. The van der Waals surface area contributed by atoms with E-state index in [4.69, 9.17) is 5.11 Å². The minimum atomic E-state index is -0.416. The first-order chi connectivity index (χ1) is 11.6. The minimum absolute atomic E-state index is 0.0219. The monoisotopic (exact) mass is 328 g/mol. The first kappa shape index (κ1) is 17.9. The second-order valence-electron chi connectivity index (χ2n) is 5.65. The summed E-state index contributed by atoms with van der Waals surface area (Å²) >= 11 is 0. The van der Waals surface area contributed by atoms with Gasteiger partial charge in [0.25, 0.3) is 0 Å². The summed E-state index contributed by atoms with van der Waals surface area (Å²) in [6, 6.07) is 4.85. The molecule has 1 heterocycles. The van der Waals surface area contributed by atoms with Gasteiger partial charge >= 0.3 is 0 Å². The summed E-state index contributed by atoms with van der Waals surface area (Å²) in [4.78, 5) is 36.4. The summed E-state index contributed by atoms with van der Waals surface area (Å²) in [5, 5.41) is 11.2. The number of nitrogens with one attached hydrogen (secondary N) is 1. The number of carbonyl (C=O) groups is 3. The second kappa shape index (κ2) is 8.39. The van der Waals surface area contributed by atoms with Crippen LogP contribution in [0.15, 0.2) is 18.2 Å². The van der Waals surface area contributed by atoms with Crippen LogP contribution in [-0.4, -0.2) is 47.8 Å². The number of aliphatic hydroxyl groups excluding tert-OH is 1. The fourth-order valence-corrected chi connectivity index (χ4v) is 2.68. The molecule has 1 atom stereocenters. The Bertz CT molecular complexity index is 703. The summed E-state index contributed by atoms with van der Waals surface area (Å²) in [6.45, 7) is 0.343. The number of hydrogen-bond acceptors (Lipinski definition) is 5. The lowest BCUT2D eigenvalue weighted by Crippen LogP contribution is -2.51. The van der Waals surface area contributed by atoms with Gasteiger partial charge in [-0.2, -0.15) is 0 Å². The molecule has 1 saturated heterocycles. The van der Waals surface area contributed by atoms with E-state index in [9.17, 15) is 14.4 Å². The lowest BCUT2D eigenvalue weighted by atomic mass is 9.99. The van der Waals surface area contributed by atoms with Gasteiger partial charge in [-0.05, 0) is 25.1 Å². The van der Waals surface area contributed by atoms with Gasteiger partial charge in [0.15, 0.2) is 0 Å². The Hall–Kier alpha value is -2.49. The zero-order chi connectivity index (χ0) is 17.5. The molecular weight excluding hydrogens is 308 g/mol. The third-order valence-corrected chi connectivity index (χ3v) is 3.95. The van der Waals surface area contributed by atoms with Crippen molar-refractivity contribution in [3.8, 4) is 11.8 Å². The molecule has 1 aromatic rings. The minimum Gasteiger partial charge on any atom is -0.395 e. The summed E-state index contributed by atoms with van der Waals surface area (Å²) in [5.41, 5.74) is 1.96. The number of amides is 2. The predicted octanol–water partition coefficient (Wildman–Crippen LogP) is 0.470. The van der Waals surface area contributed by atoms with E-state index in [1.165, 1.54) is 0 Å². The number of aldehydes is 1. The predicted molar refractivity (Wildman–Crippen MR) is 88.0 cm³/mol. The van der Waals surface area contributed by atoms with Crippen molar-refractivity contribution in [1.82, 2.24) is 10.2 Å². The molecule has 0 aliphatic carbocycles. The lowest BCUT2D eigenvalue weighted by Gasteiger charge is -2.30. The second-order valence-corrected chi connectivity index (χ2v) is 5.65. The summed E-state index contributed by atoms with van der Waals surface area (Å²) in [7, 11) is 1.78. The van der Waals surface area contributed by atoms with Gasteiger partial charge < -0.3 is 5.11 Å². The van der Waals surface area contributed by atoms with E-state index < -0.39 is 6.04 Å². The van der Waals surface area contributed by atoms with Crippen LogP contribution >= 0.6 is 0 Å². The average molecular weight is 328 g/mol. The summed E-state index contributed by atoms with van der Waals surface area (Å²) < 4.78 is 0. The maximum absolute atomic E-state index is 12.0. The molecule has 1 aliphatic heterocycles. The maximum atomic E-state index is 12.0. The normalized spacial score (nSPS) is 17.2. The van der Waals surface area contributed by atoms with Crippen molar-refractivity contribution < 1.29 is 19.5 Å². The number of piperidine rings is 1. The van der Waals surface area contributed by atoms with Crippen molar-refractivity contribution in [3.63, 3.8) is 0 Å². The molecule has 0 spiro atoms. The molecule has 0 radical (unpaired) electrons. The number of aliphatic hydroxyl groups is 1. The van der Waals surface area contributed by atoms with Crippen LogP contribution in [0.2, 0.25) is 0 Å². The highest BCUT2D eigenvalue weighted by atomic mass is 16.3. The number of rotatable bonds is 5. The number of carbonyl (C=O) groups excluding carboxylic acids is 3.